The summed E-state index contributed by atoms with van der Waals surface area (Å²) in [5.74, 6) is 1.87. The molecule has 1 saturated heterocycles. The molecule has 0 atom stereocenters. The Morgan fingerprint density at radius 1 is 1.30 bits per heavy atom. The van der Waals surface area contributed by atoms with Gasteiger partial charge in [0, 0.05) is 45.2 Å². The van der Waals surface area contributed by atoms with Gasteiger partial charge < -0.3 is 19.9 Å². The summed E-state index contributed by atoms with van der Waals surface area (Å²) < 4.78 is 7.59. The lowest BCUT2D eigenvalue weighted by atomic mass is 10.2. The van der Waals surface area contributed by atoms with Gasteiger partial charge in [-0.05, 0) is 12.8 Å². The second-order valence-corrected chi connectivity index (χ2v) is 5.39. The van der Waals surface area contributed by atoms with Crippen LogP contribution in [0.2, 0.25) is 0 Å². The molecule has 1 fully saturated rings. The summed E-state index contributed by atoms with van der Waals surface area (Å²) in [5, 5.41) is 0. The fraction of sp³-hybridized carbons (Fsp3) is 0.714. The highest BCUT2D eigenvalue weighted by molar-refractivity contribution is 5.78. The van der Waals surface area contributed by atoms with Crippen molar-refractivity contribution in [2.75, 3.05) is 32.8 Å². The molecule has 0 aromatic carbocycles. The van der Waals surface area contributed by atoms with Crippen LogP contribution in [-0.2, 0) is 24.1 Å². The fourth-order valence-electron chi connectivity index (χ4n) is 2.77. The number of hydrogen-bond acceptors (Lipinski definition) is 3. The Morgan fingerprint density at radius 2 is 2.15 bits per heavy atom. The first kappa shape index (κ1) is 13.4. The van der Waals surface area contributed by atoms with Gasteiger partial charge in [-0.15, -0.1) is 0 Å². The van der Waals surface area contributed by atoms with Crippen molar-refractivity contribution in [2.24, 2.45) is 10.7 Å². The molecule has 0 aliphatic carbocycles. The second-order valence-electron chi connectivity index (χ2n) is 5.39. The van der Waals surface area contributed by atoms with E-state index >= 15 is 0 Å². The molecule has 2 aliphatic heterocycles. The standard InChI is InChI=1S/C14H23N5O/c15-14(18-7-9-20-10-8-18)16-5-4-12-11-19-6-2-1-3-13(19)17-12/h11H,1-10H2,(H2,15,16). The van der Waals surface area contributed by atoms with E-state index in [9.17, 15) is 0 Å². The molecule has 3 rings (SSSR count). The summed E-state index contributed by atoms with van der Waals surface area (Å²) in [6.45, 7) is 4.98. The zero-order chi connectivity index (χ0) is 13.8. The molecular weight excluding hydrogens is 254 g/mol. The maximum atomic E-state index is 6.00. The Kier molecular flexibility index (Phi) is 4.20. The molecule has 0 radical (unpaired) electrons. The van der Waals surface area contributed by atoms with Crippen molar-refractivity contribution in [2.45, 2.75) is 32.2 Å². The third-order valence-electron chi connectivity index (χ3n) is 3.94. The topological polar surface area (TPSA) is 68.7 Å². The number of nitrogens with two attached hydrogens (primary N) is 1. The summed E-state index contributed by atoms with van der Waals surface area (Å²) in [4.78, 5) is 11.2. The van der Waals surface area contributed by atoms with E-state index in [2.05, 4.69) is 25.6 Å². The lowest BCUT2D eigenvalue weighted by Gasteiger charge is -2.27. The van der Waals surface area contributed by atoms with Crippen LogP contribution in [0.3, 0.4) is 0 Å². The van der Waals surface area contributed by atoms with Crippen molar-refractivity contribution >= 4 is 5.96 Å². The van der Waals surface area contributed by atoms with Gasteiger partial charge in [-0.1, -0.05) is 0 Å². The van der Waals surface area contributed by atoms with Crippen LogP contribution in [0.15, 0.2) is 11.2 Å². The molecule has 0 amide bonds. The number of aromatic nitrogens is 2. The number of fused-ring (bicyclic) bond motifs is 1. The highest BCUT2D eigenvalue weighted by Gasteiger charge is 2.13. The van der Waals surface area contributed by atoms with Gasteiger partial charge in [-0.3, -0.25) is 4.99 Å². The smallest absolute Gasteiger partial charge is 0.191 e. The normalized spacial score (nSPS) is 20.0. The van der Waals surface area contributed by atoms with Crippen molar-refractivity contribution in [3.63, 3.8) is 0 Å². The third-order valence-corrected chi connectivity index (χ3v) is 3.94. The second kappa shape index (κ2) is 6.26. The maximum Gasteiger partial charge on any atom is 0.191 e. The van der Waals surface area contributed by atoms with Gasteiger partial charge in [0.2, 0.25) is 0 Å². The van der Waals surface area contributed by atoms with E-state index in [0.29, 0.717) is 12.5 Å². The minimum Gasteiger partial charge on any atom is -0.378 e. The van der Waals surface area contributed by atoms with Crippen LogP contribution in [0, 0.1) is 0 Å². The maximum absolute atomic E-state index is 6.00. The fourth-order valence-corrected chi connectivity index (χ4v) is 2.77. The largest absolute Gasteiger partial charge is 0.378 e. The van der Waals surface area contributed by atoms with Gasteiger partial charge in [-0.2, -0.15) is 0 Å². The Hall–Kier alpha value is -1.56. The predicted molar refractivity (Wildman–Crippen MR) is 77.8 cm³/mol. The molecule has 0 unspecified atom stereocenters. The Labute approximate surface area is 119 Å². The Morgan fingerprint density at radius 3 is 2.95 bits per heavy atom. The molecule has 6 nitrogen and oxygen atoms in total. The van der Waals surface area contributed by atoms with E-state index in [-0.39, 0.29) is 0 Å². The molecule has 2 aliphatic rings. The van der Waals surface area contributed by atoms with Gasteiger partial charge in [0.05, 0.1) is 18.9 Å². The number of aliphatic imine (C=N–C) groups is 1. The van der Waals surface area contributed by atoms with Crippen molar-refractivity contribution in [3.8, 4) is 0 Å². The van der Waals surface area contributed by atoms with E-state index in [1.165, 1.54) is 18.7 Å². The number of hydrogen-bond donors (Lipinski definition) is 1. The lowest BCUT2D eigenvalue weighted by molar-refractivity contribution is 0.0674. The average molecular weight is 277 g/mol. The number of rotatable bonds is 3. The zero-order valence-electron chi connectivity index (χ0n) is 11.9. The highest BCUT2D eigenvalue weighted by Crippen LogP contribution is 2.14. The first-order valence-corrected chi connectivity index (χ1v) is 7.50. The van der Waals surface area contributed by atoms with Crippen molar-refractivity contribution in [3.05, 3.63) is 17.7 Å². The molecule has 0 spiro atoms. The van der Waals surface area contributed by atoms with E-state index in [4.69, 9.17) is 10.5 Å². The van der Waals surface area contributed by atoms with Crippen LogP contribution in [-0.4, -0.2) is 53.3 Å². The van der Waals surface area contributed by atoms with Crippen molar-refractivity contribution in [1.82, 2.24) is 14.5 Å². The average Bonchev–Trinajstić information content (AvgIpc) is 2.90. The van der Waals surface area contributed by atoms with E-state index in [1.807, 2.05) is 0 Å². The number of aryl methyl sites for hydroxylation is 2. The van der Waals surface area contributed by atoms with E-state index in [0.717, 1.165) is 51.4 Å². The number of nitrogens with zero attached hydrogens (tertiary/aromatic N) is 4. The van der Waals surface area contributed by atoms with Gasteiger partial charge in [0.1, 0.15) is 5.82 Å². The quantitative estimate of drug-likeness (QED) is 0.642. The summed E-state index contributed by atoms with van der Waals surface area (Å²) in [5.41, 5.74) is 7.14. The Balaban J connectivity index is 1.52. The molecular formula is C14H23N5O. The summed E-state index contributed by atoms with van der Waals surface area (Å²) >= 11 is 0. The van der Waals surface area contributed by atoms with Gasteiger partial charge in [-0.25, -0.2) is 4.98 Å². The Bertz CT molecular complexity index is 452. The minimum atomic E-state index is 0.636. The highest BCUT2D eigenvalue weighted by atomic mass is 16.5. The summed E-state index contributed by atoms with van der Waals surface area (Å²) in [6, 6.07) is 0. The molecule has 1 aromatic rings. The molecule has 2 N–H and O–H groups in total. The van der Waals surface area contributed by atoms with Crippen molar-refractivity contribution < 1.29 is 4.74 Å². The first-order valence-electron chi connectivity index (χ1n) is 7.50. The monoisotopic (exact) mass is 277 g/mol. The molecule has 0 bridgehead atoms. The van der Waals surface area contributed by atoms with E-state index < -0.39 is 0 Å². The van der Waals surface area contributed by atoms with Gasteiger partial charge in [0.25, 0.3) is 0 Å². The number of morpholine rings is 1. The molecule has 20 heavy (non-hydrogen) atoms. The zero-order valence-corrected chi connectivity index (χ0v) is 11.9. The number of imidazole rings is 1. The van der Waals surface area contributed by atoms with E-state index in [1.54, 1.807) is 0 Å². The molecule has 1 aromatic heterocycles. The lowest BCUT2D eigenvalue weighted by Crippen LogP contribution is -2.44. The summed E-state index contributed by atoms with van der Waals surface area (Å²) in [6.07, 6.45) is 6.68. The third kappa shape index (κ3) is 3.12. The number of guanidine groups is 1. The number of ether oxygens (including phenoxy) is 1. The van der Waals surface area contributed by atoms with Gasteiger partial charge in [0.15, 0.2) is 5.96 Å². The minimum absolute atomic E-state index is 0.636. The van der Waals surface area contributed by atoms with Crippen LogP contribution >= 0.6 is 0 Å². The van der Waals surface area contributed by atoms with Crippen LogP contribution in [0.4, 0.5) is 0 Å². The predicted octanol–water partition coefficient (Wildman–Crippen LogP) is 0.409. The van der Waals surface area contributed by atoms with Crippen LogP contribution < -0.4 is 5.73 Å². The van der Waals surface area contributed by atoms with Crippen LogP contribution in [0.1, 0.15) is 24.4 Å². The van der Waals surface area contributed by atoms with Crippen LogP contribution in [0.25, 0.3) is 0 Å². The first-order chi connectivity index (χ1) is 9.83. The summed E-state index contributed by atoms with van der Waals surface area (Å²) in [7, 11) is 0. The molecule has 3 heterocycles. The molecule has 0 saturated carbocycles. The van der Waals surface area contributed by atoms with Gasteiger partial charge >= 0.3 is 0 Å². The molecule has 6 heteroatoms. The SMILES string of the molecule is NC(=NCCc1cn2c(n1)CCCC2)N1CCOCC1. The molecule has 110 valence electrons. The van der Waals surface area contributed by atoms with Crippen molar-refractivity contribution in [1.29, 1.82) is 0 Å². The van der Waals surface area contributed by atoms with Crippen LogP contribution in [0.5, 0.6) is 0 Å².